The molecule has 1 N–H and O–H groups in total. The van der Waals surface area contributed by atoms with Crippen LogP contribution < -0.4 is 10.9 Å². The number of morpholine rings is 1. The summed E-state index contributed by atoms with van der Waals surface area (Å²) in [6.07, 6.45) is -3.57. The van der Waals surface area contributed by atoms with Gasteiger partial charge in [-0.3, -0.25) is 14.4 Å². The average molecular weight is 423 g/mol. The molecule has 1 aromatic carbocycles. The number of aromatic nitrogens is 1. The number of benzene rings is 1. The Bertz CT molecular complexity index is 1030. The van der Waals surface area contributed by atoms with Crippen molar-refractivity contribution in [2.75, 3.05) is 25.0 Å². The zero-order valence-electron chi connectivity index (χ0n) is 16.3. The first-order chi connectivity index (χ1) is 14.0. The summed E-state index contributed by atoms with van der Waals surface area (Å²) < 4.78 is 46.7. The third kappa shape index (κ3) is 4.88. The number of nitrogens with zero attached hydrogens (tertiary/aromatic N) is 2. The van der Waals surface area contributed by atoms with Gasteiger partial charge in [0, 0.05) is 49.2 Å². The number of amides is 2. The van der Waals surface area contributed by atoms with Crippen LogP contribution in [0, 0.1) is 0 Å². The molecule has 2 aromatic rings. The Hall–Kier alpha value is -3.14. The summed E-state index contributed by atoms with van der Waals surface area (Å²) >= 11 is 0. The van der Waals surface area contributed by atoms with Crippen molar-refractivity contribution in [3.63, 3.8) is 0 Å². The molecule has 1 atom stereocenters. The minimum absolute atomic E-state index is 0.00890. The van der Waals surface area contributed by atoms with Crippen molar-refractivity contribution in [2.24, 2.45) is 7.05 Å². The summed E-state index contributed by atoms with van der Waals surface area (Å²) in [5.41, 5.74) is -1.90. The molecule has 1 unspecified atom stereocenters. The molecule has 1 aliphatic heterocycles. The van der Waals surface area contributed by atoms with Crippen molar-refractivity contribution in [3.8, 4) is 0 Å². The van der Waals surface area contributed by atoms with E-state index in [1.54, 1.807) is 6.92 Å². The lowest BCUT2D eigenvalue weighted by Gasteiger charge is -2.31. The summed E-state index contributed by atoms with van der Waals surface area (Å²) in [6.45, 7) is 2.57. The highest BCUT2D eigenvalue weighted by molar-refractivity contribution is 6.05. The van der Waals surface area contributed by atoms with E-state index in [9.17, 15) is 27.6 Å². The molecule has 160 valence electrons. The van der Waals surface area contributed by atoms with E-state index in [-0.39, 0.29) is 36.0 Å². The Labute approximate surface area is 170 Å². The van der Waals surface area contributed by atoms with Gasteiger partial charge in [-0.25, -0.2) is 0 Å². The summed E-state index contributed by atoms with van der Waals surface area (Å²) in [6, 6.07) is 5.14. The molecular weight excluding hydrogens is 403 g/mol. The summed E-state index contributed by atoms with van der Waals surface area (Å²) in [4.78, 5) is 38.3. The molecule has 1 aromatic heterocycles. The monoisotopic (exact) mass is 423 g/mol. The van der Waals surface area contributed by atoms with Crippen molar-refractivity contribution in [1.82, 2.24) is 9.47 Å². The fraction of sp³-hybridized carbons (Fsp3) is 0.350. The number of ether oxygens (including phenoxy) is 1. The molecule has 30 heavy (non-hydrogen) atoms. The summed E-state index contributed by atoms with van der Waals surface area (Å²) in [5, 5.41) is 2.34. The lowest BCUT2D eigenvalue weighted by atomic mass is 10.1. The minimum atomic E-state index is -4.71. The summed E-state index contributed by atoms with van der Waals surface area (Å²) in [7, 11) is 1.50. The largest absolute Gasteiger partial charge is 0.416 e. The molecule has 2 heterocycles. The van der Waals surface area contributed by atoms with Crippen molar-refractivity contribution in [1.29, 1.82) is 0 Å². The Balaban J connectivity index is 1.92. The van der Waals surface area contributed by atoms with Gasteiger partial charge in [0.2, 0.25) is 0 Å². The van der Waals surface area contributed by atoms with Crippen molar-refractivity contribution in [2.45, 2.75) is 19.2 Å². The van der Waals surface area contributed by atoms with Crippen LogP contribution in [0.1, 0.15) is 33.2 Å². The standard InChI is InChI=1S/C20H20F3N3O4/c1-12-11-26(5-6-30-12)19(29)14-7-15(20(21,22)23)10-16(8-14)24-18(28)13-3-4-25(2)17(27)9-13/h3-4,7-10,12H,5-6,11H2,1-2H3,(H,24,28). The SMILES string of the molecule is CC1CN(C(=O)c2cc(NC(=O)c3ccn(C)c(=O)c3)cc(C(F)(F)F)c2)CCO1. The van der Waals surface area contributed by atoms with E-state index in [1.165, 1.54) is 34.8 Å². The van der Waals surface area contributed by atoms with Gasteiger partial charge in [0.15, 0.2) is 0 Å². The first kappa shape index (κ1) is 21.6. The first-order valence-electron chi connectivity index (χ1n) is 9.16. The van der Waals surface area contributed by atoms with Gasteiger partial charge >= 0.3 is 6.18 Å². The van der Waals surface area contributed by atoms with E-state index < -0.39 is 29.1 Å². The highest BCUT2D eigenvalue weighted by atomic mass is 19.4. The van der Waals surface area contributed by atoms with Gasteiger partial charge in [-0.05, 0) is 31.2 Å². The quantitative estimate of drug-likeness (QED) is 0.823. The lowest BCUT2D eigenvalue weighted by molar-refractivity contribution is -0.137. The fourth-order valence-electron chi connectivity index (χ4n) is 3.07. The number of carbonyl (C=O) groups is 2. The maximum atomic E-state index is 13.4. The predicted molar refractivity (Wildman–Crippen MR) is 102 cm³/mol. The zero-order chi connectivity index (χ0) is 22.1. The number of halogens is 3. The van der Waals surface area contributed by atoms with E-state index in [1.807, 2.05) is 0 Å². The topological polar surface area (TPSA) is 80.6 Å². The zero-order valence-corrected chi connectivity index (χ0v) is 16.3. The van der Waals surface area contributed by atoms with Crippen LogP contribution in [0.15, 0.2) is 41.3 Å². The Morgan fingerprint density at radius 1 is 1.17 bits per heavy atom. The second-order valence-electron chi connectivity index (χ2n) is 7.05. The number of nitrogens with one attached hydrogen (secondary N) is 1. The lowest BCUT2D eigenvalue weighted by Crippen LogP contribution is -2.44. The number of hydrogen-bond acceptors (Lipinski definition) is 4. The van der Waals surface area contributed by atoms with Crippen LogP contribution in [0.25, 0.3) is 0 Å². The molecule has 0 radical (unpaired) electrons. The molecule has 2 amide bonds. The number of anilines is 1. The number of carbonyl (C=O) groups excluding carboxylic acids is 2. The van der Waals surface area contributed by atoms with Gasteiger partial charge in [0.05, 0.1) is 18.3 Å². The highest BCUT2D eigenvalue weighted by Crippen LogP contribution is 2.32. The Morgan fingerprint density at radius 3 is 2.53 bits per heavy atom. The van der Waals surface area contributed by atoms with Crippen LogP contribution >= 0.6 is 0 Å². The van der Waals surface area contributed by atoms with Gasteiger partial charge < -0.3 is 19.5 Å². The van der Waals surface area contributed by atoms with E-state index in [4.69, 9.17) is 4.74 Å². The Kier molecular flexibility index (Phi) is 5.97. The molecule has 0 saturated carbocycles. The number of pyridine rings is 1. The molecule has 0 spiro atoms. The van der Waals surface area contributed by atoms with E-state index in [0.29, 0.717) is 6.61 Å². The second-order valence-corrected chi connectivity index (χ2v) is 7.05. The number of hydrogen-bond donors (Lipinski definition) is 1. The van der Waals surface area contributed by atoms with E-state index in [2.05, 4.69) is 5.32 Å². The smallest absolute Gasteiger partial charge is 0.375 e. The fourth-order valence-corrected chi connectivity index (χ4v) is 3.07. The van der Waals surface area contributed by atoms with Crippen LogP contribution in [0.5, 0.6) is 0 Å². The van der Waals surface area contributed by atoms with Gasteiger partial charge in [-0.15, -0.1) is 0 Å². The summed E-state index contributed by atoms with van der Waals surface area (Å²) in [5.74, 6) is -1.34. The maximum absolute atomic E-state index is 13.4. The van der Waals surface area contributed by atoms with Crippen LogP contribution in [-0.4, -0.2) is 47.1 Å². The van der Waals surface area contributed by atoms with Crippen LogP contribution in [0.4, 0.5) is 18.9 Å². The van der Waals surface area contributed by atoms with Gasteiger partial charge in [0.1, 0.15) is 0 Å². The van der Waals surface area contributed by atoms with E-state index in [0.717, 1.165) is 18.2 Å². The van der Waals surface area contributed by atoms with Crippen LogP contribution in [0.3, 0.4) is 0 Å². The normalized spacial score (nSPS) is 17.0. The number of aryl methyl sites for hydroxylation is 1. The van der Waals surface area contributed by atoms with Crippen LogP contribution in [-0.2, 0) is 18.0 Å². The molecule has 0 bridgehead atoms. The van der Waals surface area contributed by atoms with Gasteiger partial charge in [-0.1, -0.05) is 0 Å². The molecule has 1 aliphatic rings. The van der Waals surface area contributed by atoms with Crippen molar-refractivity contribution >= 4 is 17.5 Å². The highest BCUT2D eigenvalue weighted by Gasteiger charge is 2.33. The number of alkyl halides is 3. The van der Waals surface area contributed by atoms with Gasteiger partial charge in [0.25, 0.3) is 17.4 Å². The molecule has 0 aliphatic carbocycles. The molecule has 3 rings (SSSR count). The molecule has 1 saturated heterocycles. The van der Waals surface area contributed by atoms with Gasteiger partial charge in [-0.2, -0.15) is 13.2 Å². The molecule has 1 fully saturated rings. The molecule has 7 nitrogen and oxygen atoms in total. The molecular formula is C20H20F3N3O4. The Morgan fingerprint density at radius 2 is 1.90 bits per heavy atom. The van der Waals surface area contributed by atoms with E-state index >= 15 is 0 Å². The third-order valence-electron chi connectivity index (χ3n) is 4.66. The minimum Gasteiger partial charge on any atom is -0.375 e. The first-order valence-corrected chi connectivity index (χ1v) is 9.16. The van der Waals surface area contributed by atoms with Crippen LogP contribution in [0.2, 0.25) is 0 Å². The number of rotatable bonds is 3. The molecule has 10 heteroatoms. The van der Waals surface area contributed by atoms with Crippen molar-refractivity contribution < 1.29 is 27.5 Å². The third-order valence-corrected chi connectivity index (χ3v) is 4.66. The average Bonchev–Trinajstić information content (AvgIpc) is 2.68. The van der Waals surface area contributed by atoms with Crippen molar-refractivity contribution in [3.05, 3.63) is 63.6 Å². The second kappa shape index (κ2) is 8.31. The predicted octanol–water partition coefficient (Wildman–Crippen LogP) is 2.52. The maximum Gasteiger partial charge on any atom is 0.416 e.